The molecule has 0 heterocycles. The minimum atomic E-state index is 0.0970. The van der Waals surface area contributed by atoms with E-state index in [9.17, 15) is 4.79 Å². The number of carbonyl (C=O) groups excluding carboxylic acids is 1. The van der Waals surface area contributed by atoms with E-state index in [1.54, 1.807) is 0 Å². The number of carbonyl (C=O) groups is 1. The lowest BCUT2D eigenvalue weighted by Crippen LogP contribution is -2.29. The number of benzene rings is 1. The van der Waals surface area contributed by atoms with Crippen molar-refractivity contribution in [2.45, 2.75) is 45.4 Å². The van der Waals surface area contributed by atoms with Crippen LogP contribution in [-0.2, 0) is 11.2 Å². The zero-order valence-electron chi connectivity index (χ0n) is 12.4. The fraction of sp³-hybridized carbons (Fsp3) is 0.588. The number of aryl methyl sites for hydroxylation is 1. The number of nitrogens with two attached hydrogens (primary N) is 1. The molecule has 0 spiro atoms. The average Bonchev–Trinajstić information content (AvgIpc) is 2.95. The summed E-state index contributed by atoms with van der Waals surface area (Å²) < 4.78 is 0. The highest BCUT2D eigenvalue weighted by Gasteiger charge is 2.31. The van der Waals surface area contributed by atoms with Crippen LogP contribution in [0, 0.1) is 11.8 Å². The number of hydrogen-bond donors (Lipinski definition) is 2. The van der Waals surface area contributed by atoms with Crippen LogP contribution >= 0.6 is 0 Å². The summed E-state index contributed by atoms with van der Waals surface area (Å²) in [5.74, 6) is 0.595. The first kappa shape index (κ1) is 15.0. The molecule has 1 amide bonds. The summed E-state index contributed by atoms with van der Waals surface area (Å²) in [5, 5.41) is 3.04. The van der Waals surface area contributed by atoms with Crippen molar-refractivity contribution in [3.05, 3.63) is 29.8 Å². The Morgan fingerprint density at radius 2 is 2.05 bits per heavy atom. The van der Waals surface area contributed by atoms with Crippen LogP contribution in [0.3, 0.4) is 0 Å². The molecule has 3 heteroatoms. The maximum Gasteiger partial charge on any atom is 0.227 e. The highest BCUT2D eigenvalue weighted by molar-refractivity contribution is 5.92. The van der Waals surface area contributed by atoms with Crippen LogP contribution in [0.5, 0.6) is 0 Å². The van der Waals surface area contributed by atoms with Gasteiger partial charge in [-0.3, -0.25) is 4.79 Å². The maximum atomic E-state index is 12.3. The second kappa shape index (κ2) is 7.44. The first-order chi connectivity index (χ1) is 9.74. The van der Waals surface area contributed by atoms with Crippen molar-refractivity contribution < 1.29 is 4.79 Å². The predicted molar refractivity (Wildman–Crippen MR) is 83.6 cm³/mol. The predicted octanol–water partition coefficient (Wildman–Crippen LogP) is 3.34. The summed E-state index contributed by atoms with van der Waals surface area (Å²) in [6.07, 6.45) is 6.72. The van der Waals surface area contributed by atoms with Gasteiger partial charge in [0.15, 0.2) is 0 Å². The third-order valence-corrected chi connectivity index (χ3v) is 4.34. The lowest BCUT2D eigenvalue weighted by Gasteiger charge is -2.17. The van der Waals surface area contributed by atoms with Crippen LogP contribution in [0.2, 0.25) is 0 Å². The van der Waals surface area contributed by atoms with E-state index in [0.717, 1.165) is 31.4 Å². The molecule has 20 heavy (non-hydrogen) atoms. The van der Waals surface area contributed by atoms with E-state index in [1.165, 1.54) is 18.4 Å². The number of amides is 1. The van der Waals surface area contributed by atoms with Gasteiger partial charge in [0.05, 0.1) is 0 Å². The molecule has 2 rings (SSSR count). The topological polar surface area (TPSA) is 55.1 Å². The maximum absolute atomic E-state index is 12.3. The minimum absolute atomic E-state index is 0.0970. The molecule has 0 radical (unpaired) electrons. The van der Waals surface area contributed by atoms with Crippen molar-refractivity contribution >= 4 is 11.6 Å². The lowest BCUT2D eigenvalue weighted by molar-refractivity contribution is -0.120. The normalized spacial score (nSPS) is 21.9. The van der Waals surface area contributed by atoms with Gasteiger partial charge in [0.2, 0.25) is 5.91 Å². The average molecular weight is 274 g/mol. The standard InChI is InChI=1S/C17H26N2O/c1-2-3-5-13-8-10-15(11-9-13)19-17(20)16-7-4-6-14(16)12-18/h8-11,14,16H,2-7,12,18H2,1H3,(H,19,20). The summed E-state index contributed by atoms with van der Waals surface area (Å²) in [6.45, 7) is 2.82. The zero-order chi connectivity index (χ0) is 14.4. The van der Waals surface area contributed by atoms with Crippen molar-refractivity contribution in [2.75, 3.05) is 11.9 Å². The second-order valence-corrected chi connectivity index (χ2v) is 5.82. The molecular weight excluding hydrogens is 248 g/mol. The Morgan fingerprint density at radius 3 is 2.70 bits per heavy atom. The van der Waals surface area contributed by atoms with Gasteiger partial charge in [0.25, 0.3) is 0 Å². The molecule has 1 fully saturated rings. The van der Waals surface area contributed by atoms with Gasteiger partial charge in [-0.1, -0.05) is 31.9 Å². The lowest BCUT2D eigenvalue weighted by atomic mass is 9.95. The van der Waals surface area contributed by atoms with Gasteiger partial charge in [-0.25, -0.2) is 0 Å². The Balaban J connectivity index is 1.90. The SMILES string of the molecule is CCCCc1ccc(NC(=O)C2CCCC2CN)cc1. The number of unbranched alkanes of at least 4 members (excludes halogenated alkanes) is 1. The number of anilines is 1. The van der Waals surface area contributed by atoms with Crippen molar-refractivity contribution in [2.24, 2.45) is 17.6 Å². The van der Waals surface area contributed by atoms with Gasteiger partial charge < -0.3 is 11.1 Å². The molecule has 1 aromatic rings. The molecule has 3 nitrogen and oxygen atoms in total. The molecule has 1 aliphatic rings. The van der Waals surface area contributed by atoms with E-state index >= 15 is 0 Å². The molecular formula is C17H26N2O. The van der Waals surface area contributed by atoms with Gasteiger partial charge in [-0.15, -0.1) is 0 Å². The van der Waals surface area contributed by atoms with Crippen LogP contribution in [0.1, 0.15) is 44.6 Å². The van der Waals surface area contributed by atoms with Crippen LogP contribution in [0.25, 0.3) is 0 Å². The van der Waals surface area contributed by atoms with Crippen LogP contribution < -0.4 is 11.1 Å². The van der Waals surface area contributed by atoms with E-state index in [1.807, 2.05) is 12.1 Å². The minimum Gasteiger partial charge on any atom is -0.330 e. The molecule has 0 bridgehead atoms. The number of nitrogens with one attached hydrogen (secondary N) is 1. The zero-order valence-corrected chi connectivity index (χ0v) is 12.4. The highest BCUT2D eigenvalue weighted by Crippen LogP contribution is 2.31. The van der Waals surface area contributed by atoms with E-state index in [4.69, 9.17) is 5.73 Å². The molecule has 0 saturated heterocycles. The molecule has 0 aromatic heterocycles. The first-order valence-electron chi connectivity index (χ1n) is 7.84. The molecule has 2 unspecified atom stereocenters. The summed E-state index contributed by atoms with van der Waals surface area (Å²) in [7, 11) is 0. The Morgan fingerprint density at radius 1 is 1.30 bits per heavy atom. The number of hydrogen-bond acceptors (Lipinski definition) is 2. The smallest absolute Gasteiger partial charge is 0.227 e. The first-order valence-corrected chi connectivity index (χ1v) is 7.84. The summed E-state index contributed by atoms with van der Waals surface area (Å²) in [5.41, 5.74) is 7.98. The van der Waals surface area contributed by atoms with Crippen molar-refractivity contribution in [1.82, 2.24) is 0 Å². The molecule has 110 valence electrons. The monoisotopic (exact) mass is 274 g/mol. The van der Waals surface area contributed by atoms with Crippen LogP contribution in [-0.4, -0.2) is 12.5 Å². The van der Waals surface area contributed by atoms with Gasteiger partial charge in [-0.2, -0.15) is 0 Å². The molecule has 0 aliphatic heterocycles. The van der Waals surface area contributed by atoms with Crippen molar-refractivity contribution in [3.8, 4) is 0 Å². The largest absolute Gasteiger partial charge is 0.330 e. The summed E-state index contributed by atoms with van der Waals surface area (Å²) in [6, 6.07) is 8.24. The van der Waals surface area contributed by atoms with E-state index in [2.05, 4.69) is 24.4 Å². The van der Waals surface area contributed by atoms with Crippen molar-refractivity contribution in [1.29, 1.82) is 0 Å². The third-order valence-electron chi connectivity index (χ3n) is 4.34. The van der Waals surface area contributed by atoms with Crippen LogP contribution in [0.4, 0.5) is 5.69 Å². The number of rotatable bonds is 6. The third kappa shape index (κ3) is 3.83. The summed E-state index contributed by atoms with van der Waals surface area (Å²) >= 11 is 0. The Bertz CT molecular complexity index is 427. The Kier molecular flexibility index (Phi) is 5.60. The van der Waals surface area contributed by atoms with Crippen molar-refractivity contribution in [3.63, 3.8) is 0 Å². The molecule has 1 saturated carbocycles. The summed E-state index contributed by atoms with van der Waals surface area (Å²) in [4.78, 5) is 12.3. The molecule has 2 atom stereocenters. The van der Waals surface area contributed by atoms with Gasteiger partial charge in [-0.05, 0) is 55.8 Å². The second-order valence-electron chi connectivity index (χ2n) is 5.82. The van der Waals surface area contributed by atoms with E-state index in [0.29, 0.717) is 12.5 Å². The molecule has 1 aliphatic carbocycles. The van der Waals surface area contributed by atoms with Gasteiger partial charge in [0.1, 0.15) is 0 Å². The molecule has 1 aromatic carbocycles. The van der Waals surface area contributed by atoms with E-state index < -0.39 is 0 Å². The fourth-order valence-corrected chi connectivity index (χ4v) is 3.03. The van der Waals surface area contributed by atoms with Crippen LogP contribution in [0.15, 0.2) is 24.3 Å². The quantitative estimate of drug-likeness (QED) is 0.836. The Labute approximate surface area is 121 Å². The van der Waals surface area contributed by atoms with E-state index in [-0.39, 0.29) is 11.8 Å². The Hall–Kier alpha value is -1.35. The molecule has 3 N–H and O–H groups in total. The van der Waals surface area contributed by atoms with Gasteiger partial charge in [0, 0.05) is 11.6 Å². The highest BCUT2D eigenvalue weighted by atomic mass is 16.1. The fourth-order valence-electron chi connectivity index (χ4n) is 3.03. The van der Waals surface area contributed by atoms with Gasteiger partial charge >= 0.3 is 0 Å².